The van der Waals surface area contributed by atoms with Crippen molar-refractivity contribution < 1.29 is 4.74 Å². The molecule has 1 unspecified atom stereocenters. The van der Waals surface area contributed by atoms with Crippen molar-refractivity contribution in [2.75, 3.05) is 20.7 Å². The van der Waals surface area contributed by atoms with E-state index < -0.39 is 0 Å². The van der Waals surface area contributed by atoms with E-state index in [2.05, 4.69) is 36.8 Å². The van der Waals surface area contributed by atoms with Crippen molar-refractivity contribution in [3.05, 3.63) is 29.3 Å². The molecular formula is C17H24N2O. The number of rotatable bonds is 5. The van der Waals surface area contributed by atoms with Gasteiger partial charge in [-0.15, -0.1) is 0 Å². The first-order chi connectivity index (χ1) is 9.65. The number of hydrogen-bond donors (Lipinski definition) is 1. The van der Waals surface area contributed by atoms with Gasteiger partial charge in [0.05, 0.1) is 13.7 Å². The van der Waals surface area contributed by atoms with E-state index in [0.29, 0.717) is 12.6 Å². The molecule has 0 aromatic heterocycles. The summed E-state index contributed by atoms with van der Waals surface area (Å²) in [6, 6.07) is 6.67. The highest BCUT2D eigenvalue weighted by Crippen LogP contribution is 2.35. The van der Waals surface area contributed by atoms with Crippen LogP contribution < -0.4 is 10.5 Å². The summed E-state index contributed by atoms with van der Waals surface area (Å²) >= 11 is 0. The Balaban J connectivity index is 2.18. The highest BCUT2D eigenvalue weighted by molar-refractivity contribution is 5.45. The molecule has 0 spiro atoms. The molecular weight excluding hydrogens is 248 g/mol. The second-order valence-corrected chi connectivity index (χ2v) is 5.52. The Labute approximate surface area is 122 Å². The lowest BCUT2D eigenvalue weighted by Gasteiger charge is -2.25. The first kappa shape index (κ1) is 14.9. The Morgan fingerprint density at radius 1 is 1.45 bits per heavy atom. The van der Waals surface area contributed by atoms with Crippen molar-refractivity contribution in [2.45, 2.75) is 32.4 Å². The molecule has 1 aliphatic carbocycles. The van der Waals surface area contributed by atoms with E-state index in [1.165, 1.54) is 18.4 Å². The second kappa shape index (κ2) is 6.78. The monoisotopic (exact) mass is 272 g/mol. The summed E-state index contributed by atoms with van der Waals surface area (Å²) in [7, 11) is 3.88. The molecule has 1 aromatic rings. The maximum absolute atomic E-state index is 5.47. The molecule has 2 rings (SSSR count). The van der Waals surface area contributed by atoms with Gasteiger partial charge in [-0.3, -0.25) is 4.90 Å². The smallest absolute Gasteiger partial charge is 0.119 e. The lowest BCUT2D eigenvalue weighted by molar-refractivity contribution is 0.226. The van der Waals surface area contributed by atoms with Crippen LogP contribution in [0.4, 0.5) is 0 Å². The van der Waals surface area contributed by atoms with Crippen molar-refractivity contribution in [3.63, 3.8) is 0 Å². The van der Waals surface area contributed by atoms with Crippen LogP contribution in [0.2, 0.25) is 0 Å². The second-order valence-electron chi connectivity index (χ2n) is 5.52. The van der Waals surface area contributed by atoms with Crippen LogP contribution in [0.3, 0.4) is 0 Å². The van der Waals surface area contributed by atoms with E-state index in [1.807, 2.05) is 12.1 Å². The predicted molar refractivity (Wildman–Crippen MR) is 82.6 cm³/mol. The van der Waals surface area contributed by atoms with Crippen LogP contribution in [0.25, 0.3) is 0 Å². The van der Waals surface area contributed by atoms with Gasteiger partial charge in [0.1, 0.15) is 5.75 Å². The van der Waals surface area contributed by atoms with E-state index in [4.69, 9.17) is 10.5 Å². The van der Waals surface area contributed by atoms with Gasteiger partial charge >= 0.3 is 0 Å². The highest BCUT2D eigenvalue weighted by Gasteiger charge is 2.30. The van der Waals surface area contributed by atoms with Gasteiger partial charge in [-0.05, 0) is 56.5 Å². The molecule has 0 radical (unpaired) electrons. The molecule has 3 nitrogen and oxygen atoms in total. The van der Waals surface area contributed by atoms with E-state index in [9.17, 15) is 0 Å². The van der Waals surface area contributed by atoms with Crippen LogP contribution in [0.1, 0.15) is 30.9 Å². The van der Waals surface area contributed by atoms with Crippen LogP contribution in [0.15, 0.2) is 18.2 Å². The Kier molecular flexibility index (Phi) is 5.05. The molecule has 3 heteroatoms. The molecule has 0 heterocycles. The normalized spacial score (nSPS) is 15.7. The molecule has 2 N–H and O–H groups in total. The SMILES string of the molecule is COc1ccc(C#CCN)c(CN(C)C(C)C2CC2)c1. The van der Waals surface area contributed by atoms with Gasteiger partial charge in [-0.25, -0.2) is 0 Å². The summed E-state index contributed by atoms with van der Waals surface area (Å²) in [5, 5.41) is 0. The van der Waals surface area contributed by atoms with E-state index in [1.54, 1.807) is 7.11 Å². The maximum atomic E-state index is 5.47. The topological polar surface area (TPSA) is 38.5 Å². The Bertz CT molecular complexity index is 511. The molecule has 1 atom stereocenters. The van der Waals surface area contributed by atoms with Crippen LogP contribution in [-0.2, 0) is 6.54 Å². The first-order valence-corrected chi connectivity index (χ1v) is 7.21. The molecule has 108 valence electrons. The van der Waals surface area contributed by atoms with Gasteiger partial charge in [-0.1, -0.05) is 11.8 Å². The molecule has 0 saturated heterocycles. The van der Waals surface area contributed by atoms with Crippen molar-refractivity contribution in [3.8, 4) is 17.6 Å². The zero-order chi connectivity index (χ0) is 14.5. The fourth-order valence-corrected chi connectivity index (χ4v) is 2.45. The highest BCUT2D eigenvalue weighted by atomic mass is 16.5. The van der Waals surface area contributed by atoms with Crippen LogP contribution in [0.5, 0.6) is 5.75 Å². The number of benzene rings is 1. The lowest BCUT2D eigenvalue weighted by Crippen LogP contribution is -2.30. The molecule has 0 aliphatic heterocycles. The van der Waals surface area contributed by atoms with E-state index in [0.717, 1.165) is 23.8 Å². The standard InChI is InChI=1S/C17H24N2O/c1-13(14-6-7-14)19(2)12-16-11-17(20-3)9-8-15(16)5-4-10-18/h8-9,11,13-14H,6-7,10,12,18H2,1-3H3. The summed E-state index contributed by atoms with van der Waals surface area (Å²) in [4.78, 5) is 2.40. The minimum atomic E-state index is 0.389. The van der Waals surface area contributed by atoms with E-state index in [-0.39, 0.29) is 0 Å². The van der Waals surface area contributed by atoms with Gasteiger partial charge in [0.2, 0.25) is 0 Å². The number of ether oxygens (including phenoxy) is 1. The average Bonchev–Trinajstić information content (AvgIpc) is 3.29. The maximum Gasteiger partial charge on any atom is 0.119 e. The Morgan fingerprint density at radius 2 is 2.20 bits per heavy atom. The third-order valence-corrected chi connectivity index (χ3v) is 4.06. The summed E-state index contributed by atoms with van der Waals surface area (Å²) in [6.45, 7) is 3.59. The number of methoxy groups -OCH3 is 1. The molecule has 1 aliphatic rings. The van der Waals surface area contributed by atoms with Crippen molar-refractivity contribution in [1.29, 1.82) is 0 Å². The number of nitrogens with two attached hydrogens (primary N) is 1. The molecule has 20 heavy (non-hydrogen) atoms. The van der Waals surface area contributed by atoms with Gasteiger partial charge in [-0.2, -0.15) is 0 Å². The van der Waals surface area contributed by atoms with Crippen LogP contribution >= 0.6 is 0 Å². The van der Waals surface area contributed by atoms with Gasteiger partial charge in [0.25, 0.3) is 0 Å². The van der Waals surface area contributed by atoms with Crippen molar-refractivity contribution >= 4 is 0 Å². The Hall–Kier alpha value is -1.50. The summed E-state index contributed by atoms with van der Waals surface area (Å²) in [5.74, 6) is 7.84. The zero-order valence-corrected chi connectivity index (χ0v) is 12.6. The summed E-state index contributed by atoms with van der Waals surface area (Å²) in [5.41, 5.74) is 7.73. The molecule has 1 fully saturated rings. The number of nitrogens with zero attached hydrogens (tertiary/aromatic N) is 1. The minimum absolute atomic E-state index is 0.389. The minimum Gasteiger partial charge on any atom is -0.497 e. The predicted octanol–water partition coefficient (Wildman–Crippen LogP) is 2.24. The third kappa shape index (κ3) is 3.75. The molecule has 0 bridgehead atoms. The molecule has 1 saturated carbocycles. The van der Waals surface area contributed by atoms with Gasteiger partial charge in [0.15, 0.2) is 0 Å². The van der Waals surface area contributed by atoms with Crippen LogP contribution in [0, 0.1) is 17.8 Å². The fraction of sp³-hybridized carbons (Fsp3) is 0.529. The molecule has 1 aromatic carbocycles. The van der Waals surface area contributed by atoms with Crippen molar-refractivity contribution in [2.24, 2.45) is 11.7 Å². The fourth-order valence-electron chi connectivity index (χ4n) is 2.45. The largest absolute Gasteiger partial charge is 0.497 e. The molecule has 0 amide bonds. The van der Waals surface area contributed by atoms with E-state index >= 15 is 0 Å². The van der Waals surface area contributed by atoms with Gasteiger partial charge < -0.3 is 10.5 Å². The quantitative estimate of drug-likeness (QED) is 0.835. The Morgan fingerprint density at radius 3 is 2.80 bits per heavy atom. The average molecular weight is 272 g/mol. The lowest BCUT2D eigenvalue weighted by atomic mass is 10.1. The number of hydrogen-bond acceptors (Lipinski definition) is 3. The van der Waals surface area contributed by atoms with Crippen LogP contribution in [-0.4, -0.2) is 31.6 Å². The third-order valence-electron chi connectivity index (χ3n) is 4.06. The summed E-state index contributed by atoms with van der Waals surface area (Å²) in [6.07, 6.45) is 2.73. The first-order valence-electron chi connectivity index (χ1n) is 7.21. The summed E-state index contributed by atoms with van der Waals surface area (Å²) < 4.78 is 5.32. The van der Waals surface area contributed by atoms with Crippen molar-refractivity contribution in [1.82, 2.24) is 4.90 Å². The zero-order valence-electron chi connectivity index (χ0n) is 12.6. The van der Waals surface area contributed by atoms with Gasteiger partial charge in [0, 0.05) is 18.2 Å².